The first-order valence-electron chi connectivity index (χ1n) is 2.03. The summed E-state index contributed by atoms with van der Waals surface area (Å²) in [7, 11) is 0. The van der Waals surface area contributed by atoms with Crippen molar-refractivity contribution < 1.29 is 10.2 Å². The lowest BCUT2D eigenvalue weighted by Crippen LogP contribution is -2.00. The van der Waals surface area contributed by atoms with Crippen LogP contribution in [-0.4, -0.2) is 17.8 Å². The average Bonchev–Trinajstić information content (AvgIpc) is 1.35. The Morgan fingerprint density at radius 2 is 2.33 bits per heavy atom. The van der Waals surface area contributed by atoms with Crippen molar-refractivity contribution in [1.29, 1.82) is 0 Å². The SMILES string of the molecule is C[C@@H](O)CC[O]. The molecule has 0 aliphatic heterocycles. The van der Waals surface area contributed by atoms with Gasteiger partial charge in [-0.05, 0) is 13.3 Å². The first-order chi connectivity index (χ1) is 2.77. The van der Waals surface area contributed by atoms with Gasteiger partial charge >= 0.3 is 0 Å². The van der Waals surface area contributed by atoms with Crippen molar-refractivity contribution in [2.75, 3.05) is 6.61 Å². The van der Waals surface area contributed by atoms with Crippen LogP contribution in [0.1, 0.15) is 13.3 Å². The molecule has 0 aromatic carbocycles. The number of hydrogen-bond donors (Lipinski definition) is 1. The first-order valence-corrected chi connectivity index (χ1v) is 2.03. The van der Waals surface area contributed by atoms with E-state index in [-0.39, 0.29) is 6.61 Å². The van der Waals surface area contributed by atoms with E-state index in [1.54, 1.807) is 6.92 Å². The lowest BCUT2D eigenvalue weighted by Gasteiger charge is -1.93. The second-order valence-electron chi connectivity index (χ2n) is 1.34. The van der Waals surface area contributed by atoms with E-state index >= 15 is 0 Å². The number of rotatable bonds is 2. The molecule has 0 bridgehead atoms. The van der Waals surface area contributed by atoms with Gasteiger partial charge in [-0.15, -0.1) is 0 Å². The molecule has 6 heavy (non-hydrogen) atoms. The van der Waals surface area contributed by atoms with Gasteiger partial charge in [0.25, 0.3) is 0 Å². The van der Waals surface area contributed by atoms with Crippen LogP contribution in [0.15, 0.2) is 0 Å². The van der Waals surface area contributed by atoms with E-state index in [1.165, 1.54) is 0 Å². The molecule has 1 atom stereocenters. The third-order valence-corrected chi connectivity index (χ3v) is 0.536. The van der Waals surface area contributed by atoms with E-state index < -0.39 is 6.10 Å². The highest BCUT2D eigenvalue weighted by Gasteiger charge is 1.89. The Bertz CT molecular complexity index is 26.7. The summed E-state index contributed by atoms with van der Waals surface area (Å²) in [6.07, 6.45) is -0.0394. The molecule has 0 aromatic heterocycles. The second kappa shape index (κ2) is 3.12. The molecule has 0 spiro atoms. The zero-order chi connectivity index (χ0) is 4.99. The van der Waals surface area contributed by atoms with Crippen molar-refractivity contribution in [3.05, 3.63) is 0 Å². The molecular formula is C4H9O2. The number of aliphatic hydroxyl groups excluding tert-OH is 1. The molecule has 0 heterocycles. The van der Waals surface area contributed by atoms with E-state index in [1.807, 2.05) is 0 Å². The summed E-state index contributed by atoms with van der Waals surface area (Å²) in [4.78, 5) is 0. The third kappa shape index (κ3) is 3.92. The first kappa shape index (κ1) is 5.92. The second-order valence-corrected chi connectivity index (χ2v) is 1.34. The van der Waals surface area contributed by atoms with Gasteiger partial charge in [-0.1, -0.05) is 0 Å². The Morgan fingerprint density at radius 3 is 2.33 bits per heavy atom. The molecule has 1 radical (unpaired) electrons. The summed E-state index contributed by atoms with van der Waals surface area (Å²) >= 11 is 0. The highest BCUT2D eigenvalue weighted by molar-refractivity contribution is 4.40. The van der Waals surface area contributed by atoms with Crippen molar-refractivity contribution in [1.82, 2.24) is 0 Å². The summed E-state index contributed by atoms with van der Waals surface area (Å²) in [5.74, 6) is 0. The molecule has 0 aliphatic carbocycles. The molecule has 0 fully saturated rings. The minimum absolute atomic E-state index is 0.169. The Kier molecular flexibility index (Phi) is 3.08. The van der Waals surface area contributed by atoms with Crippen molar-refractivity contribution >= 4 is 0 Å². The van der Waals surface area contributed by atoms with Gasteiger partial charge in [-0.3, -0.25) is 0 Å². The van der Waals surface area contributed by atoms with Crippen LogP contribution in [-0.2, 0) is 5.11 Å². The molecule has 0 unspecified atom stereocenters. The largest absolute Gasteiger partial charge is 0.393 e. The van der Waals surface area contributed by atoms with Crippen LogP contribution < -0.4 is 0 Å². The van der Waals surface area contributed by atoms with Crippen molar-refractivity contribution in [3.63, 3.8) is 0 Å². The van der Waals surface area contributed by atoms with Gasteiger partial charge in [-0.25, -0.2) is 5.11 Å². The predicted octanol–water partition coefficient (Wildman–Crippen LogP) is 0.188. The molecule has 0 saturated heterocycles. The third-order valence-electron chi connectivity index (χ3n) is 0.536. The van der Waals surface area contributed by atoms with Gasteiger partial charge in [0, 0.05) is 0 Å². The summed E-state index contributed by atoms with van der Waals surface area (Å²) in [5, 5.41) is 17.9. The summed E-state index contributed by atoms with van der Waals surface area (Å²) in [5.41, 5.74) is 0. The van der Waals surface area contributed by atoms with Crippen molar-refractivity contribution in [3.8, 4) is 0 Å². The molecule has 0 rings (SSSR count). The summed E-state index contributed by atoms with van der Waals surface area (Å²) < 4.78 is 0. The van der Waals surface area contributed by atoms with Crippen LogP contribution in [0.25, 0.3) is 0 Å². The van der Waals surface area contributed by atoms with Gasteiger partial charge in [0.05, 0.1) is 12.7 Å². The van der Waals surface area contributed by atoms with Crippen LogP contribution in [0, 0.1) is 0 Å². The van der Waals surface area contributed by atoms with Crippen LogP contribution in [0.5, 0.6) is 0 Å². The molecule has 0 saturated carbocycles. The van der Waals surface area contributed by atoms with E-state index in [9.17, 15) is 5.11 Å². The standard InChI is InChI=1S/C4H9O2/c1-4(6)2-3-5/h4,6H,2-3H2,1H3/t4-/m1/s1. The molecule has 2 heteroatoms. The fourth-order valence-electron chi connectivity index (χ4n) is 0.171. The predicted molar refractivity (Wildman–Crippen MR) is 21.9 cm³/mol. The highest BCUT2D eigenvalue weighted by atomic mass is 16.3. The Hall–Kier alpha value is -0.0800. The van der Waals surface area contributed by atoms with E-state index in [2.05, 4.69) is 0 Å². The van der Waals surface area contributed by atoms with Gasteiger partial charge in [0.15, 0.2) is 0 Å². The Morgan fingerprint density at radius 1 is 1.83 bits per heavy atom. The normalized spacial score (nSPS) is 14.5. The van der Waals surface area contributed by atoms with E-state index in [0.717, 1.165) is 0 Å². The minimum Gasteiger partial charge on any atom is -0.393 e. The number of hydrogen-bond acceptors (Lipinski definition) is 1. The number of aliphatic hydroxyl groups is 1. The van der Waals surface area contributed by atoms with Crippen LogP contribution in [0.3, 0.4) is 0 Å². The van der Waals surface area contributed by atoms with Gasteiger partial charge in [0.2, 0.25) is 0 Å². The quantitative estimate of drug-likeness (QED) is 0.515. The van der Waals surface area contributed by atoms with E-state index in [4.69, 9.17) is 5.11 Å². The molecule has 0 amide bonds. The lowest BCUT2D eigenvalue weighted by atomic mass is 10.3. The van der Waals surface area contributed by atoms with E-state index in [0.29, 0.717) is 6.42 Å². The maximum atomic E-state index is 9.58. The van der Waals surface area contributed by atoms with Crippen molar-refractivity contribution in [2.45, 2.75) is 19.4 Å². The van der Waals surface area contributed by atoms with Crippen LogP contribution in [0.4, 0.5) is 0 Å². The molecule has 2 nitrogen and oxygen atoms in total. The highest BCUT2D eigenvalue weighted by Crippen LogP contribution is 1.83. The maximum Gasteiger partial charge on any atom is 0.0846 e. The zero-order valence-corrected chi connectivity index (χ0v) is 3.85. The van der Waals surface area contributed by atoms with Crippen LogP contribution >= 0.6 is 0 Å². The summed E-state index contributed by atoms with van der Waals surface area (Å²) in [6, 6.07) is 0. The van der Waals surface area contributed by atoms with Gasteiger partial charge in [0.1, 0.15) is 0 Å². The van der Waals surface area contributed by atoms with Gasteiger partial charge in [-0.2, -0.15) is 0 Å². The summed E-state index contributed by atoms with van der Waals surface area (Å²) in [6.45, 7) is 1.44. The fraction of sp³-hybridized carbons (Fsp3) is 1.00. The monoisotopic (exact) mass is 89.1 g/mol. The smallest absolute Gasteiger partial charge is 0.0846 e. The topological polar surface area (TPSA) is 40.1 Å². The van der Waals surface area contributed by atoms with Crippen molar-refractivity contribution in [2.24, 2.45) is 0 Å². The Labute approximate surface area is 37.4 Å². The molecule has 0 aliphatic rings. The maximum absolute atomic E-state index is 9.58. The lowest BCUT2D eigenvalue weighted by molar-refractivity contribution is 0.115. The molecular weight excluding hydrogens is 80.0 g/mol. The molecule has 1 N–H and O–H groups in total. The minimum atomic E-state index is -0.414. The Balaban J connectivity index is 2.63. The average molecular weight is 89.1 g/mol. The fourth-order valence-corrected chi connectivity index (χ4v) is 0.171. The van der Waals surface area contributed by atoms with Crippen LogP contribution in [0.2, 0.25) is 0 Å². The van der Waals surface area contributed by atoms with Gasteiger partial charge < -0.3 is 5.11 Å². The molecule has 0 aromatic rings. The zero-order valence-electron chi connectivity index (χ0n) is 3.85. The molecule has 37 valence electrons.